The number of amidine groups is 1. The zero-order chi connectivity index (χ0) is 13.7. The van der Waals surface area contributed by atoms with Crippen molar-refractivity contribution in [1.82, 2.24) is 0 Å². The Labute approximate surface area is 111 Å². The topological polar surface area (TPSA) is 106 Å². The Kier molecular flexibility index (Phi) is 2.28. The fourth-order valence-electron chi connectivity index (χ4n) is 3.41. The molecular weight excluding hydrogens is 244 g/mol. The summed E-state index contributed by atoms with van der Waals surface area (Å²) in [7, 11) is 0. The van der Waals surface area contributed by atoms with Crippen LogP contribution in [0, 0.1) is 33.5 Å². The fourth-order valence-corrected chi connectivity index (χ4v) is 3.41. The molecule has 6 heteroatoms. The molecule has 1 spiro atoms. The molecule has 2 aliphatic heterocycles. The third-order valence-electron chi connectivity index (χ3n) is 4.43. The van der Waals surface area contributed by atoms with E-state index in [-0.39, 0.29) is 5.84 Å². The lowest BCUT2D eigenvalue weighted by Gasteiger charge is -2.41. The van der Waals surface area contributed by atoms with E-state index in [1.807, 2.05) is 13.0 Å². The minimum absolute atomic E-state index is 0.269. The van der Waals surface area contributed by atoms with Crippen LogP contribution in [0.25, 0.3) is 0 Å². The molecule has 0 aromatic heterocycles. The van der Waals surface area contributed by atoms with Crippen molar-refractivity contribution in [3.8, 4) is 12.1 Å². The third kappa shape index (κ3) is 1.14. The quantitative estimate of drug-likeness (QED) is 0.537. The molecule has 0 bridgehead atoms. The Morgan fingerprint density at radius 2 is 2.00 bits per heavy atom. The second-order valence-corrected chi connectivity index (χ2v) is 5.32. The summed E-state index contributed by atoms with van der Waals surface area (Å²) in [5, 5.41) is 19.5. The molecule has 0 aromatic rings. The molecule has 19 heavy (non-hydrogen) atoms. The van der Waals surface area contributed by atoms with E-state index in [0.717, 1.165) is 5.57 Å². The monoisotopic (exact) mass is 259 g/mol. The number of hydrogen-bond donors (Lipinski definition) is 2. The van der Waals surface area contributed by atoms with Crippen LogP contribution in [0.4, 0.5) is 0 Å². The van der Waals surface area contributed by atoms with Gasteiger partial charge in [-0.1, -0.05) is 11.6 Å². The van der Waals surface area contributed by atoms with E-state index >= 15 is 0 Å². The molecule has 0 aromatic carbocycles. The van der Waals surface area contributed by atoms with Gasteiger partial charge in [0.15, 0.2) is 10.8 Å². The van der Waals surface area contributed by atoms with Gasteiger partial charge in [0.25, 0.3) is 5.84 Å². The summed E-state index contributed by atoms with van der Waals surface area (Å²) < 4.78 is 11.3. The Bertz CT molecular complexity index is 576. The van der Waals surface area contributed by atoms with Gasteiger partial charge in [0.1, 0.15) is 0 Å². The van der Waals surface area contributed by atoms with Gasteiger partial charge in [0, 0.05) is 6.42 Å². The lowest BCUT2D eigenvalue weighted by molar-refractivity contribution is -0.679. The number of ether oxygens (including phenoxy) is 2. The summed E-state index contributed by atoms with van der Waals surface area (Å²) in [6.07, 6.45) is 2.77. The first-order valence-electron chi connectivity index (χ1n) is 6.23. The first-order valence-corrected chi connectivity index (χ1v) is 6.23. The average molecular weight is 259 g/mol. The minimum atomic E-state index is -1.29. The lowest BCUT2D eigenvalue weighted by Crippen LogP contribution is -2.89. The fraction of sp³-hybridized carbons (Fsp3) is 0.615. The van der Waals surface area contributed by atoms with Crippen LogP contribution in [0.5, 0.6) is 0 Å². The predicted octanol–water partition coefficient (Wildman–Crippen LogP) is -1.10. The van der Waals surface area contributed by atoms with Crippen molar-refractivity contribution < 1.29 is 14.5 Å². The van der Waals surface area contributed by atoms with Crippen molar-refractivity contribution in [2.45, 2.75) is 25.7 Å². The molecule has 0 saturated carbocycles. The number of allylic oxidation sites excluding steroid dienone is 2. The summed E-state index contributed by atoms with van der Waals surface area (Å²) in [5.41, 5.74) is 4.86. The predicted molar refractivity (Wildman–Crippen MR) is 63.9 cm³/mol. The van der Waals surface area contributed by atoms with Gasteiger partial charge in [0.2, 0.25) is 0 Å². The maximum Gasteiger partial charge on any atom is 0.343 e. The maximum atomic E-state index is 9.78. The molecule has 2 atom stereocenters. The highest BCUT2D eigenvalue weighted by atomic mass is 16.8. The van der Waals surface area contributed by atoms with Crippen LogP contribution in [0.1, 0.15) is 19.8 Å². The van der Waals surface area contributed by atoms with E-state index in [1.54, 1.807) is 0 Å². The molecule has 6 nitrogen and oxygen atoms in total. The molecule has 3 aliphatic rings. The van der Waals surface area contributed by atoms with Crippen molar-refractivity contribution in [2.24, 2.45) is 16.6 Å². The summed E-state index contributed by atoms with van der Waals surface area (Å²) in [6.45, 7) is 2.71. The largest absolute Gasteiger partial charge is 0.343 e. The third-order valence-corrected chi connectivity index (χ3v) is 4.43. The summed E-state index contributed by atoms with van der Waals surface area (Å²) >= 11 is 0. The van der Waals surface area contributed by atoms with Gasteiger partial charge < -0.3 is 9.47 Å². The van der Waals surface area contributed by atoms with Crippen LogP contribution >= 0.6 is 0 Å². The molecule has 1 fully saturated rings. The van der Waals surface area contributed by atoms with Gasteiger partial charge in [-0.05, 0) is 13.3 Å². The normalized spacial score (nSPS) is 39.1. The van der Waals surface area contributed by atoms with Crippen LogP contribution in [-0.2, 0) is 9.47 Å². The van der Waals surface area contributed by atoms with E-state index in [2.05, 4.69) is 17.1 Å². The minimum Gasteiger partial charge on any atom is -0.311 e. The molecule has 2 heterocycles. The van der Waals surface area contributed by atoms with Crippen molar-refractivity contribution in [2.75, 3.05) is 13.2 Å². The summed E-state index contributed by atoms with van der Waals surface area (Å²) in [4.78, 5) is 2.95. The number of nitrogens with two attached hydrogens (primary N) is 1. The number of nitriles is 2. The Hall–Kier alpha value is -1.89. The molecule has 1 aliphatic carbocycles. The number of fused-ring (bicyclic) bond motifs is 2. The summed E-state index contributed by atoms with van der Waals surface area (Å²) in [6, 6.07) is 4.53. The zero-order valence-electron chi connectivity index (χ0n) is 10.7. The van der Waals surface area contributed by atoms with Crippen molar-refractivity contribution >= 4 is 5.84 Å². The molecule has 3 rings (SSSR count). The number of hydrogen-bond acceptors (Lipinski definition) is 5. The van der Waals surface area contributed by atoms with Gasteiger partial charge in [-0.2, -0.15) is 10.5 Å². The standard InChI is InChI=1S/C13H14N4O2/c1-9-2-3-12(8-15)11(6-9,7-14)10(16)17-13(12)18-4-5-19-13/h2H,3-6H2,1H3,(H2,16,17)/p+1/t11-,12+/m0/s1. The second kappa shape index (κ2) is 3.57. The van der Waals surface area contributed by atoms with Crippen LogP contribution < -0.4 is 10.7 Å². The highest BCUT2D eigenvalue weighted by Crippen LogP contribution is 2.57. The van der Waals surface area contributed by atoms with Crippen LogP contribution in [-0.4, -0.2) is 25.0 Å². The number of nitrogens with zero attached hydrogens (tertiary/aromatic N) is 2. The molecule has 0 radical (unpaired) electrons. The van der Waals surface area contributed by atoms with Crippen LogP contribution in [0.3, 0.4) is 0 Å². The molecular formula is C13H15N4O2+. The van der Waals surface area contributed by atoms with Crippen molar-refractivity contribution in [3.63, 3.8) is 0 Å². The Balaban J connectivity index is 2.26. The summed E-state index contributed by atoms with van der Waals surface area (Å²) in [5.74, 6) is -1.02. The first kappa shape index (κ1) is 12.2. The number of rotatable bonds is 0. The van der Waals surface area contributed by atoms with Gasteiger partial charge in [-0.3, -0.25) is 5.73 Å². The van der Waals surface area contributed by atoms with Gasteiger partial charge >= 0.3 is 5.91 Å². The van der Waals surface area contributed by atoms with Gasteiger partial charge in [-0.25, -0.2) is 4.99 Å². The smallest absolute Gasteiger partial charge is 0.311 e. The van der Waals surface area contributed by atoms with E-state index in [4.69, 9.17) is 15.2 Å². The Morgan fingerprint density at radius 1 is 1.32 bits per heavy atom. The van der Waals surface area contributed by atoms with Crippen LogP contribution in [0.15, 0.2) is 11.6 Å². The lowest BCUT2D eigenvalue weighted by atomic mass is 9.57. The Morgan fingerprint density at radius 3 is 2.58 bits per heavy atom. The zero-order valence-corrected chi connectivity index (χ0v) is 10.7. The van der Waals surface area contributed by atoms with Crippen molar-refractivity contribution in [3.05, 3.63) is 11.6 Å². The van der Waals surface area contributed by atoms with Crippen molar-refractivity contribution in [1.29, 1.82) is 10.5 Å². The SMILES string of the molecule is CC1=CC[C@]2(C#N)C3([NH+]=C(N)[C@@]2(C#N)C1)OCCO3. The van der Waals surface area contributed by atoms with E-state index in [1.165, 1.54) is 0 Å². The molecule has 0 unspecified atom stereocenters. The van der Waals surface area contributed by atoms with E-state index in [9.17, 15) is 10.5 Å². The van der Waals surface area contributed by atoms with E-state index < -0.39 is 16.7 Å². The second-order valence-electron chi connectivity index (χ2n) is 5.32. The van der Waals surface area contributed by atoms with Gasteiger partial charge in [0.05, 0.1) is 25.4 Å². The highest BCUT2D eigenvalue weighted by molar-refractivity contribution is 5.88. The molecule has 98 valence electrons. The van der Waals surface area contributed by atoms with E-state index in [0.29, 0.717) is 26.1 Å². The van der Waals surface area contributed by atoms with Gasteiger partial charge in [-0.15, -0.1) is 0 Å². The average Bonchev–Trinajstić information content (AvgIpc) is 2.95. The molecule has 1 saturated heterocycles. The first-order chi connectivity index (χ1) is 9.06. The maximum absolute atomic E-state index is 9.78. The molecule has 0 amide bonds. The highest BCUT2D eigenvalue weighted by Gasteiger charge is 2.78. The van der Waals surface area contributed by atoms with Crippen LogP contribution in [0.2, 0.25) is 0 Å². The molecule has 3 N–H and O–H groups in total. The number of nitrogens with one attached hydrogen (secondary N) is 1.